The summed E-state index contributed by atoms with van der Waals surface area (Å²) < 4.78 is 0. The number of hydrogen-bond donors (Lipinski definition) is 1. The van der Waals surface area contributed by atoms with E-state index >= 15 is 0 Å². The highest BCUT2D eigenvalue weighted by atomic mass is 14.9. The zero-order valence-electron chi connectivity index (χ0n) is 13.9. The van der Waals surface area contributed by atoms with Crippen LogP contribution in [0.25, 0.3) is 0 Å². The van der Waals surface area contributed by atoms with Gasteiger partial charge in [0.15, 0.2) is 0 Å². The number of nitrogens with one attached hydrogen (secondary N) is 1. The van der Waals surface area contributed by atoms with Crippen LogP contribution >= 0.6 is 0 Å². The molecule has 0 radical (unpaired) electrons. The van der Waals surface area contributed by atoms with Crippen molar-refractivity contribution in [2.24, 2.45) is 0 Å². The van der Waals surface area contributed by atoms with E-state index in [0.717, 1.165) is 6.54 Å². The Labute approximate surface area is 129 Å². The van der Waals surface area contributed by atoms with Crippen molar-refractivity contribution in [3.8, 4) is 0 Å². The second-order valence-electron chi connectivity index (χ2n) is 6.17. The molecule has 1 unspecified atom stereocenters. The Hall–Kier alpha value is -1.60. The van der Waals surface area contributed by atoms with Crippen LogP contribution in [-0.2, 0) is 0 Å². The average molecular weight is 281 g/mol. The monoisotopic (exact) mass is 281 g/mol. The van der Waals surface area contributed by atoms with Crippen molar-refractivity contribution in [2.45, 2.75) is 46.6 Å². The first-order chi connectivity index (χ1) is 10.0. The molecule has 1 nitrogen and oxygen atoms in total. The van der Waals surface area contributed by atoms with Gasteiger partial charge < -0.3 is 5.32 Å². The summed E-state index contributed by atoms with van der Waals surface area (Å²) in [6.45, 7) is 12.0. The van der Waals surface area contributed by atoms with Crippen molar-refractivity contribution in [2.75, 3.05) is 6.54 Å². The molecular weight excluding hydrogens is 254 g/mol. The fraction of sp³-hybridized carbons (Fsp3) is 0.400. The molecule has 1 N–H and O–H groups in total. The fourth-order valence-corrected chi connectivity index (χ4v) is 2.76. The molecule has 0 saturated heterocycles. The van der Waals surface area contributed by atoms with Crippen molar-refractivity contribution >= 4 is 0 Å². The van der Waals surface area contributed by atoms with Crippen LogP contribution in [0.15, 0.2) is 42.5 Å². The minimum atomic E-state index is 0.274. The van der Waals surface area contributed by atoms with Gasteiger partial charge in [0.25, 0.3) is 0 Å². The van der Waals surface area contributed by atoms with Crippen LogP contribution in [0, 0.1) is 13.8 Å². The quantitative estimate of drug-likeness (QED) is 0.801. The Morgan fingerprint density at radius 2 is 1.52 bits per heavy atom. The maximum Gasteiger partial charge on any atom is 0.0579 e. The predicted molar refractivity (Wildman–Crippen MR) is 92.0 cm³/mol. The van der Waals surface area contributed by atoms with Gasteiger partial charge in [0.05, 0.1) is 6.04 Å². The smallest absolute Gasteiger partial charge is 0.0579 e. The van der Waals surface area contributed by atoms with E-state index in [9.17, 15) is 0 Å². The van der Waals surface area contributed by atoms with Gasteiger partial charge in [-0.2, -0.15) is 0 Å². The molecule has 1 atom stereocenters. The van der Waals surface area contributed by atoms with Crippen LogP contribution in [-0.4, -0.2) is 6.54 Å². The Morgan fingerprint density at radius 3 is 2.10 bits per heavy atom. The zero-order valence-corrected chi connectivity index (χ0v) is 13.9. The summed E-state index contributed by atoms with van der Waals surface area (Å²) in [4.78, 5) is 0. The Morgan fingerprint density at radius 1 is 0.905 bits per heavy atom. The first-order valence-electron chi connectivity index (χ1n) is 7.93. The highest BCUT2D eigenvalue weighted by molar-refractivity contribution is 5.40. The molecule has 0 amide bonds. The minimum absolute atomic E-state index is 0.274. The molecule has 0 fully saturated rings. The van der Waals surface area contributed by atoms with E-state index in [-0.39, 0.29) is 6.04 Å². The van der Waals surface area contributed by atoms with Crippen molar-refractivity contribution in [3.05, 3.63) is 70.3 Å². The van der Waals surface area contributed by atoms with Gasteiger partial charge in [-0.05, 0) is 48.6 Å². The fourth-order valence-electron chi connectivity index (χ4n) is 2.76. The van der Waals surface area contributed by atoms with E-state index in [0.29, 0.717) is 5.92 Å². The summed E-state index contributed by atoms with van der Waals surface area (Å²) >= 11 is 0. The van der Waals surface area contributed by atoms with Gasteiger partial charge in [0.1, 0.15) is 0 Å². The SMILES string of the molecule is CCNC(c1ccc(C(C)C)cc1)c1cc(C)ccc1C. The molecule has 0 aliphatic rings. The number of aryl methyl sites for hydroxylation is 2. The molecule has 21 heavy (non-hydrogen) atoms. The maximum atomic E-state index is 3.63. The van der Waals surface area contributed by atoms with Crippen molar-refractivity contribution in [1.82, 2.24) is 5.32 Å². The van der Waals surface area contributed by atoms with Crippen molar-refractivity contribution in [3.63, 3.8) is 0 Å². The molecule has 0 heterocycles. The van der Waals surface area contributed by atoms with Gasteiger partial charge in [0.2, 0.25) is 0 Å². The Bertz CT molecular complexity index is 581. The normalized spacial score (nSPS) is 12.7. The van der Waals surface area contributed by atoms with Crippen LogP contribution in [0.3, 0.4) is 0 Å². The Kier molecular flexibility index (Phi) is 5.19. The van der Waals surface area contributed by atoms with E-state index in [1.54, 1.807) is 0 Å². The van der Waals surface area contributed by atoms with Crippen LogP contribution in [0.4, 0.5) is 0 Å². The number of hydrogen-bond acceptors (Lipinski definition) is 1. The standard InChI is InChI=1S/C20H27N/c1-6-21-20(19-13-15(4)7-8-16(19)5)18-11-9-17(10-12-18)14(2)3/h7-14,20-21H,6H2,1-5H3. The first-order valence-corrected chi connectivity index (χ1v) is 7.93. The van der Waals surface area contributed by atoms with E-state index in [1.165, 1.54) is 27.8 Å². The molecule has 0 aromatic heterocycles. The zero-order chi connectivity index (χ0) is 15.4. The van der Waals surface area contributed by atoms with E-state index in [4.69, 9.17) is 0 Å². The lowest BCUT2D eigenvalue weighted by molar-refractivity contribution is 0.627. The van der Waals surface area contributed by atoms with Gasteiger partial charge in [-0.1, -0.05) is 68.8 Å². The van der Waals surface area contributed by atoms with Gasteiger partial charge in [-0.25, -0.2) is 0 Å². The van der Waals surface area contributed by atoms with Crippen LogP contribution in [0.5, 0.6) is 0 Å². The molecule has 2 aromatic carbocycles. The van der Waals surface area contributed by atoms with Gasteiger partial charge >= 0.3 is 0 Å². The minimum Gasteiger partial charge on any atom is -0.307 e. The van der Waals surface area contributed by atoms with Gasteiger partial charge in [0, 0.05) is 0 Å². The second kappa shape index (κ2) is 6.91. The summed E-state index contributed by atoms with van der Waals surface area (Å²) in [5.74, 6) is 0.581. The van der Waals surface area contributed by atoms with Crippen LogP contribution in [0.2, 0.25) is 0 Å². The topological polar surface area (TPSA) is 12.0 Å². The number of benzene rings is 2. The molecule has 2 aromatic rings. The lowest BCUT2D eigenvalue weighted by Crippen LogP contribution is -2.23. The predicted octanol–water partition coefficient (Wildman–Crippen LogP) is 5.13. The molecule has 0 aliphatic carbocycles. The lowest BCUT2D eigenvalue weighted by atomic mass is 9.92. The van der Waals surface area contributed by atoms with Crippen LogP contribution in [0.1, 0.15) is 60.5 Å². The molecule has 112 valence electrons. The molecule has 0 bridgehead atoms. The third-order valence-corrected chi connectivity index (χ3v) is 4.09. The highest BCUT2D eigenvalue weighted by Gasteiger charge is 2.15. The summed E-state index contributed by atoms with van der Waals surface area (Å²) in [5.41, 5.74) is 6.79. The maximum absolute atomic E-state index is 3.63. The van der Waals surface area contributed by atoms with Gasteiger partial charge in [-0.15, -0.1) is 0 Å². The summed E-state index contributed by atoms with van der Waals surface area (Å²) in [6, 6.07) is 16.0. The molecule has 0 aliphatic heterocycles. The molecule has 0 saturated carbocycles. The first kappa shape index (κ1) is 15.8. The molecule has 0 spiro atoms. The third-order valence-electron chi connectivity index (χ3n) is 4.09. The average Bonchev–Trinajstić information content (AvgIpc) is 2.48. The van der Waals surface area contributed by atoms with E-state index < -0.39 is 0 Å². The van der Waals surface area contributed by atoms with Crippen molar-refractivity contribution in [1.29, 1.82) is 0 Å². The number of rotatable bonds is 5. The molecular formula is C20H27N. The van der Waals surface area contributed by atoms with Crippen LogP contribution < -0.4 is 5.32 Å². The summed E-state index contributed by atoms with van der Waals surface area (Å²) in [7, 11) is 0. The third kappa shape index (κ3) is 3.74. The van der Waals surface area contributed by atoms with Gasteiger partial charge in [-0.3, -0.25) is 0 Å². The molecule has 1 heteroatoms. The lowest BCUT2D eigenvalue weighted by Gasteiger charge is -2.22. The summed E-state index contributed by atoms with van der Waals surface area (Å²) in [5, 5.41) is 3.63. The van der Waals surface area contributed by atoms with E-state index in [2.05, 4.69) is 82.4 Å². The highest BCUT2D eigenvalue weighted by Crippen LogP contribution is 2.27. The second-order valence-corrected chi connectivity index (χ2v) is 6.17. The van der Waals surface area contributed by atoms with Crippen molar-refractivity contribution < 1.29 is 0 Å². The molecule has 2 rings (SSSR count). The largest absolute Gasteiger partial charge is 0.307 e. The Balaban J connectivity index is 2.40. The van der Waals surface area contributed by atoms with E-state index in [1.807, 2.05) is 0 Å². The summed E-state index contributed by atoms with van der Waals surface area (Å²) in [6.07, 6.45) is 0.